The summed E-state index contributed by atoms with van der Waals surface area (Å²) in [5.74, 6) is 0.250. The maximum atomic E-state index is 12.3. The van der Waals surface area contributed by atoms with Crippen molar-refractivity contribution in [1.82, 2.24) is 10.6 Å². The van der Waals surface area contributed by atoms with E-state index in [1.807, 2.05) is 6.92 Å². The molecule has 1 fully saturated rings. The summed E-state index contributed by atoms with van der Waals surface area (Å²) in [6.07, 6.45) is 3.23. The third-order valence-electron chi connectivity index (χ3n) is 3.97. The lowest BCUT2D eigenvalue weighted by molar-refractivity contribution is 0.0920. The van der Waals surface area contributed by atoms with Crippen molar-refractivity contribution in [3.8, 4) is 0 Å². The van der Waals surface area contributed by atoms with E-state index in [4.69, 9.17) is 0 Å². The van der Waals surface area contributed by atoms with Gasteiger partial charge in [-0.3, -0.25) is 4.79 Å². The van der Waals surface area contributed by atoms with E-state index in [9.17, 15) is 13.2 Å². The summed E-state index contributed by atoms with van der Waals surface area (Å²) in [6, 6.07) is 6.25. The van der Waals surface area contributed by atoms with Crippen LogP contribution in [0.1, 0.15) is 30.1 Å². The van der Waals surface area contributed by atoms with Gasteiger partial charge in [-0.15, -0.1) is 0 Å². The number of sulfone groups is 1. The molecule has 0 aromatic heterocycles. The summed E-state index contributed by atoms with van der Waals surface area (Å²) in [5, 5.41) is 6.28. The lowest BCUT2D eigenvalue weighted by Gasteiger charge is -2.28. The number of amides is 1. The van der Waals surface area contributed by atoms with E-state index in [0.29, 0.717) is 11.5 Å². The molecule has 6 heteroatoms. The standard InChI is InChI=1S/C15H22N2O3S/c1-11(12-6-8-16-9-7-12)17-15(18)13-4-3-5-14(10-13)21(2,19)20/h3-5,10-12,16H,6-9H2,1-2H3,(H,17,18). The van der Waals surface area contributed by atoms with Crippen molar-refractivity contribution in [3.63, 3.8) is 0 Å². The Kier molecular flexibility index (Phi) is 5.00. The number of hydrogen-bond donors (Lipinski definition) is 2. The highest BCUT2D eigenvalue weighted by Gasteiger charge is 2.22. The van der Waals surface area contributed by atoms with E-state index in [0.717, 1.165) is 32.2 Å². The Labute approximate surface area is 126 Å². The molecule has 1 atom stereocenters. The largest absolute Gasteiger partial charge is 0.349 e. The Hall–Kier alpha value is -1.40. The molecule has 2 N–H and O–H groups in total. The first-order chi connectivity index (χ1) is 9.88. The number of benzene rings is 1. The average Bonchev–Trinajstić information content (AvgIpc) is 2.47. The molecular formula is C15H22N2O3S. The van der Waals surface area contributed by atoms with Gasteiger partial charge >= 0.3 is 0 Å². The smallest absolute Gasteiger partial charge is 0.251 e. The van der Waals surface area contributed by atoms with Crippen molar-refractivity contribution in [3.05, 3.63) is 29.8 Å². The minimum absolute atomic E-state index is 0.0847. The Morgan fingerprint density at radius 3 is 2.62 bits per heavy atom. The summed E-state index contributed by atoms with van der Waals surface area (Å²) < 4.78 is 23.1. The Morgan fingerprint density at radius 1 is 1.33 bits per heavy atom. The van der Waals surface area contributed by atoms with Crippen molar-refractivity contribution in [1.29, 1.82) is 0 Å². The van der Waals surface area contributed by atoms with Crippen LogP contribution in [0.2, 0.25) is 0 Å². The molecule has 5 nitrogen and oxygen atoms in total. The number of carbonyl (C=O) groups excluding carboxylic acids is 1. The SMILES string of the molecule is CC(NC(=O)c1cccc(S(C)(=O)=O)c1)C1CCNCC1. The van der Waals surface area contributed by atoms with Gasteiger partial charge in [-0.05, 0) is 57.0 Å². The van der Waals surface area contributed by atoms with Gasteiger partial charge in [0.15, 0.2) is 9.84 Å². The second kappa shape index (κ2) is 6.58. The molecular weight excluding hydrogens is 288 g/mol. The molecule has 0 aliphatic carbocycles. The first kappa shape index (κ1) is 16.0. The van der Waals surface area contributed by atoms with Crippen molar-refractivity contribution >= 4 is 15.7 Å². The second-order valence-corrected chi connectivity index (χ2v) is 7.67. The van der Waals surface area contributed by atoms with Crippen LogP contribution >= 0.6 is 0 Å². The molecule has 1 aromatic carbocycles. The fourth-order valence-corrected chi connectivity index (χ4v) is 3.29. The zero-order valence-electron chi connectivity index (χ0n) is 12.4. The van der Waals surface area contributed by atoms with Gasteiger partial charge in [0.2, 0.25) is 0 Å². The molecule has 1 aromatic rings. The highest BCUT2D eigenvalue weighted by Crippen LogP contribution is 2.17. The molecule has 1 aliphatic heterocycles. The zero-order chi connectivity index (χ0) is 15.5. The molecule has 116 valence electrons. The summed E-state index contributed by atoms with van der Waals surface area (Å²) in [7, 11) is -3.30. The molecule has 1 heterocycles. The Balaban J connectivity index is 2.06. The van der Waals surface area contributed by atoms with E-state index in [2.05, 4.69) is 10.6 Å². The van der Waals surface area contributed by atoms with E-state index in [1.165, 1.54) is 12.1 Å². The number of rotatable bonds is 4. The quantitative estimate of drug-likeness (QED) is 0.876. The molecule has 0 bridgehead atoms. The van der Waals surface area contributed by atoms with E-state index in [-0.39, 0.29) is 16.8 Å². The summed E-state index contributed by atoms with van der Waals surface area (Å²) in [4.78, 5) is 12.4. The summed E-state index contributed by atoms with van der Waals surface area (Å²) in [6.45, 7) is 3.97. The van der Waals surface area contributed by atoms with E-state index < -0.39 is 9.84 Å². The lowest BCUT2D eigenvalue weighted by atomic mass is 9.91. The fraction of sp³-hybridized carbons (Fsp3) is 0.533. The predicted molar refractivity (Wildman–Crippen MR) is 82.1 cm³/mol. The van der Waals surface area contributed by atoms with E-state index >= 15 is 0 Å². The van der Waals surface area contributed by atoms with Gasteiger partial charge in [-0.1, -0.05) is 6.07 Å². The van der Waals surface area contributed by atoms with Crippen molar-refractivity contribution in [2.45, 2.75) is 30.7 Å². The normalized spacial score (nSPS) is 18.2. The van der Waals surface area contributed by atoms with Crippen molar-refractivity contribution in [2.24, 2.45) is 5.92 Å². The summed E-state index contributed by atoms with van der Waals surface area (Å²) >= 11 is 0. The van der Waals surface area contributed by atoms with Crippen LogP contribution in [-0.4, -0.2) is 39.7 Å². The topological polar surface area (TPSA) is 75.3 Å². The molecule has 2 rings (SSSR count). The first-order valence-electron chi connectivity index (χ1n) is 7.19. The van der Waals surface area contributed by atoms with Gasteiger partial charge in [0.1, 0.15) is 0 Å². The number of hydrogen-bond acceptors (Lipinski definition) is 4. The average molecular weight is 310 g/mol. The Bertz CT molecular complexity index is 607. The number of nitrogens with one attached hydrogen (secondary N) is 2. The second-order valence-electron chi connectivity index (χ2n) is 5.65. The number of piperidine rings is 1. The van der Waals surface area contributed by atoms with Crippen LogP contribution in [0.25, 0.3) is 0 Å². The molecule has 0 saturated carbocycles. The molecule has 0 radical (unpaired) electrons. The Morgan fingerprint density at radius 2 is 2.00 bits per heavy atom. The monoisotopic (exact) mass is 310 g/mol. The lowest BCUT2D eigenvalue weighted by Crippen LogP contribution is -2.42. The van der Waals surface area contributed by atoms with Crippen LogP contribution in [0, 0.1) is 5.92 Å². The van der Waals surface area contributed by atoms with Crippen molar-refractivity contribution in [2.75, 3.05) is 19.3 Å². The third kappa shape index (κ3) is 4.28. The maximum Gasteiger partial charge on any atom is 0.251 e. The third-order valence-corrected chi connectivity index (χ3v) is 5.08. The summed E-state index contributed by atoms with van der Waals surface area (Å²) in [5.41, 5.74) is 0.388. The minimum Gasteiger partial charge on any atom is -0.349 e. The van der Waals surface area contributed by atoms with Crippen LogP contribution < -0.4 is 10.6 Å². The molecule has 0 spiro atoms. The van der Waals surface area contributed by atoms with E-state index in [1.54, 1.807) is 12.1 Å². The highest BCUT2D eigenvalue weighted by atomic mass is 32.2. The zero-order valence-corrected chi connectivity index (χ0v) is 13.2. The van der Waals surface area contributed by atoms with Crippen molar-refractivity contribution < 1.29 is 13.2 Å². The first-order valence-corrected chi connectivity index (χ1v) is 9.09. The maximum absolute atomic E-state index is 12.3. The minimum atomic E-state index is -3.30. The highest BCUT2D eigenvalue weighted by molar-refractivity contribution is 7.90. The molecule has 1 saturated heterocycles. The fourth-order valence-electron chi connectivity index (χ4n) is 2.62. The van der Waals surface area contributed by atoms with Gasteiger partial charge in [-0.25, -0.2) is 8.42 Å². The van der Waals surface area contributed by atoms with Gasteiger partial charge in [0.05, 0.1) is 4.90 Å². The molecule has 1 aliphatic rings. The van der Waals surface area contributed by atoms with Gasteiger partial charge in [-0.2, -0.15) is 0 Å². The van der Waals surface area contributed by atoms with Gasteiger partial charge < -0.3 is 10.6 Å². The molecule has 1 unspecified atom stereocenters. The predicted octanol–water partition coefficient (Wildman–Crippen LogP) is 1.21. The van der Waals surface area contributed by atoms with Gasteiger partial charge in [0, 0.05) is 17.9 Å². The molecule has 21 heavy (non-hydrogen) atoms. The van der Waals surface area contributed by atoms with Crippen LogP contribution in [0.4, 0.5) is 0 Å². The molecule has 1 amide bonds. The van der Waals surface area contributed by atoms with Gasteiger partial charge in [0.25, 0.3) is 5.91 Å². The van der Waals surface area contributed by atoms with Crippen LogP contribution in [0.3, 0.4) is 0 Å². The number of carbonyl (C=O) groups is 1. The van der Waals surface area contributed by atoms with Crippen LogP contribution in [0.5, 0.6) is 0 Å². The van der Waals surface area contributed by atoms with Crippen LogP contribution in [0.15, 0.2) is 29.2 Å². The van der Waals surface area contributed by atoms with Crippen LogP contribution in [-0.2, 0) is 9.84 Å².